The maximum atomic E-state index is 12.9. The van der Waals surface area contributed by atoms with Gasteiger partial charge in [0.05, 0.1) is 16.2 Å². The molecule has 4 nitrogen and oxygen atoms in total. The molecule has 2 aliphatic rings. The third-order valence-corrected chi connectivity index (χ3v) is 6.52. The Bertz CT molecular complexity index is 710. The van der Waals surface area contributed by atoms with E-state index in [1.807, 2.05) is 13.8 Å². The second kappa shape index (κ2) is 5.37. The van der Waals surface area contributed by atoms with E-state index in [9.17, 15) is 18.3 Å². The van der Waals surface area contributed by atoms with E-state index >= 15 is 0 Å². The van der Waals surface area contributed by atoms with Gasteiger partial charge in [-0.05, 0) is 60.6 Å². The number of carbonyl (C=O) groups is 1. The number of hydrogen-bond acceptors (Lipinski definition) is 3. The zero-order valence-electron chi connectivity index (χ0n) is 13.0. The number of carboxylic acid groups (broad SMARTS) is 1. The van der Waals surface area contributed by atoms with Crippen LogP contribution in [0.25, 0.3) is 0 Å². The Hall–Kier alpha value is -1.36. The number of carboxylic acids is 1. The highest BCUT2D eigenvalue weighted by molar-refractivity contribution is 7.91. The smallest absolute Gasteiger partial charge is 0.336 e. The Morgan fingerprint density at radius 2 is 1.86 bits per heavy atom. The summed E-state index contributed by atoms with van der Waals surface area (Å²) >= 11 is 0. The minimum Gasteiger partial charge on any atom is -0.478 e. The highest BCUT2D eigenvalue weighted by Crippen LogP contribution is 2.47. The standard InChI is InChI=1S/C17H22O4S/c1-10(2)13-7-8-14(17(18)19)15(12-5-6-12)16(13)22(20,21)9-11-3-4-11/h7-8,10-12H,3-6,9H2,1-2H3,(H,18,19). The van der Waals surface area contributed by atoms with Gasteiger partial charge in [-0.2, -0.15) is 0 Å². The molecule has 1 aromatic carbocycles. The molecular weight excluding hydrogens is 300 g/mol. The van der Waals surface area contributed by atoms with Crippen LogP contribution in [-0.2, 0) is 9.84 Å². The van der Waals surface area contributed by atoms with Crippen LogP contribution in [-0.4, -0.2) is 25.2 Å². The predicted octanol–water partition coefficient (Wildman–Crippen LogP) is 3.57. The summed E-state index contributed by atoms with van der Waals surface area (Å²) in [6.45, 7) is 3.92. The van der Waals surface area contributed by atoms with Gasteiger partial charge in [0.15, 0.2) is 9.84 Å². The average Bonchev–Trinajstić information content (AvgIpc) is 3.30. The van der Waals surface area contributed by atoms with Crippen LogP contribution in [0.2, 0.25) is 0 Å². The van der Waals surface area contributed by atoms with Gasteiger partial charge in [-0.15, -0.1) is 0 Å². The molecule has 0 bridgehead atoms. The van der Waals surface area contributed by atoms with Gasteiger partial charge in [-0.25, -0.2) is 13.2 Å². The van der Waals surface area contributed by atoms with Crippen LogP contribution in [0.1, 0.15) is 72.9 Å². The first-order valence-electron chi connectivity index (χ1n) is 7.94. The molecule has 2 aliphatic carbocycles. The topological polar surface area (TPSA) is 71.4 Å². The molecule has 0 spiro atoms. The van der Waals surface area contributed by atoms with Gasteiger partial charge in [0.25, 0.3) is 0 Å². The normalized spacial score (nSPS) is 18.7. The van der Waals surface area contributed by atoms with E-state index in [0.717, 1.165) is 31.2 Å². The summed E-state index contributed by atoms with van der Waals surface area (Å²) in [4.78, 5) is 11.9. The van der Waals surface area contributed by atoms with Gasteiger partial charge in [0.2, 0.25) is 0 Å². The molecule has 1 N–H and O–H groups in total. The second-order valence-corrected chi connectivity index (χ2v) is 8.88. The van der Waals surface area contributed by atoms with E-state index in [1.54, 1.807) is 12.1 Å². The molecule has 0 aliphatic heterocycles. The SMILES string of the molecule is CC(C)c1ccc(C(=O)O)c(C2CC2)c1S(=O)(=O)CC1CC1. The number of benzene rings is 1. The second-order valence-electron chi connectivity index (χ2n) is 6.90. The molecule has 120 valence electrons. The van der Waals surface area contributed by atoms with Crippen molar-refractivity contribution in [2.45, 2.75) is 56.3 Å². The number of sulfone groups is 1. The summed E-state index contributed by atoms with van der Waals surface area (Å²) in [5.41, 5.74) is 1.51. The molecule has 5 heteroatoms. The van der Waals surface area contributed by atoms with Crippen molar-refractivity contribution in [2.24, 2.45) is 5.92 Å². The Kier molecular flexibility index (Phi) is 3.79. The van der Waals surface area contributed by atoms with Crippen molar-refractivity contribution < 1.29 is 18.3 Å². The van der Waals surface area contributed by atoms with Crippen molar-refractivity contribution in [3.63, 3.8) is 0 Å². The molecule has 2 fully saturated rings. The highest BCUT2D eigenvalue weighted by Gasteiger charge is 2.38. The molecule has 0 radical (unpaired) electrons. The first-order valence-corrected chi connectivity index (χ1v) is 9.59. The Morgan fingerprint density at radius 3 is 2.32 bits per heavy atom. The summed E-state index contributed by atoms with van der Waals surface area (Å²) in [6, 6.07) is 3.28. The summed E-state index contributed by atoms with van der Waals surface area (Å²) in [7, 11) is -3.43. The van der Waals surface area contributed by atoms with Gasteiger partial charge >= 0.3 is 5.97 Å². The van der Waals surface area contributed by atoms with Crippen LogP contribution in [0, 0.1) is 5.92 Å². The third kappa shape index (κ3) is 2.91. The zero-order chi connectivity index (χ0) is 16.1. The summed E-state index contributed by atoms with van der Waals surface area (Å²) in [5, 5.41) is 9.46. The van der Waals surface area contributed by atoms with Gasteiger partial charge in [-0.1, -0.05) is 19.9 Å². The summed E-state index contributed by atoms with van der Waals surface area (Å²) in [6.07, 6.45) is 3.70. The molecule has 0 saturated heterocycles. The number of aromatic carboxylic acids is 1. The average molecular weight is 322 g/mol. The van der Waals surface area contributed by atoms with Gasteiger partial charge in [0.1, 0.15) is 0 Å². The van der Waals surface area contributed by atoms with E-state index in [4.69, 9.17) is 0 Å². The minimum atomic E-state index is -3.43. The van der Waals surface area contributed by atoms with E-state index in [1.165, 1.54) is 0 Å². The van der Waals surface area contributed by atoms with Crippen molar-refractivity contribution in [3.05, 3.63) is 28.8 Å². The molecule has 0 unspecified atom stereocenters. The highest BCUT2D eigenvalue weighted by atomic mass is 32.2. The Labute approximate surface area is 131 Å². The molecule has 0 heterocycles. The minimum absolute atomic E-state index is 0.0596. The van der Waals surface area contributed by atoms with Crippen LogP contribution < -0.4 is 0 Å². The van der Waals surface area contributed by atoms with Crippen molar-refractivity contribution in [3.8, 4) is 0 Å². The Balaban J connectivity index is 2.23. The lowest BCUT2D eigenvalue weighted by molar-refractivity contribution is 0.0695. The maximum Gasteiger partial charge on any atom is 0.336 e. The van der Waals surface area contributed by atoms with Crippen molar-refractivity contribution in [2.75, 3.05) is 5.75 Å². The molecular formula is C17H22O4S. The van der Waals surface area contributed by atoms with E-state index < -0.39 is 15.8 Å². The lowest BCUT2D eigenvalue weighted by atomic mass is 9.94. The molecule has 1 aromatic rings. The lowest BCUT2D eigenvalue weighted by Gasteiger charge is -2.19. The number of hydrogen-bond donors (Lipinski definition) is 1. The predicted molar refractivity (Wildman–Crippen MR) is 84.2 cm³/mol. The first-order chi connectivity index (χ1) is 10.3. The lowest BCUT2D eigenvalue weighted by Crippen LogP contribution is -2.17. The van der Waals surface area contributed by atoms with E-state index in [0.29, 0.717) is 10.5 Å². The van der Waals surface area contributed by atoms with Crippen LogP contribution >= 0.6 is 0 Å². The molecule has 2 saturated carbocycles. The number of rotatable bonds is 6. The van der Waals surface area contributed by atoms with Crippen molar-refractivity contribution in [1.29, 1.82) is 0 Å². The Morgan fingerprint density at radius 1 is 1.23 bits per heavy atom. The monoisotopic (exact) mass is 322 g/mol. The van der Waals surface area contributed by atoms with E-state index in [-0.39, 0.29) is 29.1 Å². The van der Waals surface area contributed by atoms with Crippen LogP contribution in [0.3, 0.4) is 0 Å². The van der Waals surface area contributed by atoms with Crippen LogP contribution in [0.4, 0.5) is 0 Å². The van der Waals surface area contributed by atoms with Crippen LogP contribution in [0.5, 0.6) is 0 Å². The molecule has 0 aromatic heterocycles. The fraction of sp³-hybridized carbons (Fsp3) is 0.588. The van der Waals surface area contributed by atoms with Crippen LogP contribution in [0.15, 0.2) is 17.0 Å². The van der Waals surface area contributed by atoms with Crippen molar-refractivity contribution >= 4 is 15.8 Å². The third-order valence-electron chi connectivity index (χ3n) is 4.53. The van der Waals surface area contributed by atoms with E-state index in [2.05, 4.69) is 0 Å². The van der Waals surface area contributed by atoms with Gasteiger partial charge < -0.3 is 5.11 Å². The molecule has 0 atom stereocenters. The largest absolute Gasteiger partial charge is 0.478 e. The van der Waals surface area contributed by atoms with Gasteiger partial charge in [-0.3, -0.25) is 0 Å². The first kappa shape index (κ1) is 15.5. The fourth-order valence-corrected chi connectivity index (χ4v) is 5.46. The maximum absolute atomic E-state index is 12.9. The molecule has 0 amide bonds. The molecule has 22 heavy (non-hydrogen) atoms. The summed E-state index contributed by atoms with van der Waals surface area (Å²) < 4.78 is 25.9. The van der Waals surface area contributed by atoms with Gasteiger partial charge in [0, 0.05) is 0 Å². The van der Waals surface area contributed by atoms with Crippen molar-refractivity contribution in [1.82, 2.24) is 0 Å². The fourth-order valence-electron chi connectivity index (χ4n) is 3.06. The quantitative estimate of drug-likeness (QED) is 0.869. The molecule has 3 rings (SSSR count). The zero-order valence-corrected chi connectivity index (χ0v) is 13.8. The summed E-state index contributed by atoms with van der Waals surface area (Å²) in [5.74, 6) is -0.459.